The molecule has 62 valence electrons. The lowest BCUT2D eigenvalue weighted by molar-refractivity contribution is 0.377. The van der Waals surface area contributed by atoms with Crippen LogP contribution in [0.2, 0.25) is 0 Å². The second-order valence-corrected chi connectivity index (χ2v) is 3.15. The molecule has 0 saturated carbocycles. The molecular formula is C8H18FN. The summed E-state index contributed by atoms with van der Waals surface area (Å²) in [5, 5.41) is 0. The van der Waals surface area contributed by atoms with Crippen LogP contribution in [0.15, 0.2) is 0 Å². The van der Waals surface area contributed by atoms with Gasteiger partial charge in [-0.2, -0.15) is 0 Å². The molecule has 1 atom stereocenters. The number of hydrogen-bond donors (Lipinski definition) is 1. The first-order chi connectivity index (χ1) is 4.62. The van der Waals surface area contributed by atoms with Crippen LogP contribution >= 0.6 is 0 Å². The zero-order valence-corrected chi connectivity index (χ0v) is 6.99. The Hall–Kier alpha value is -0.110. The van der Waals surface area contributed by atoms with Gasteiger partial charge in [0.05, 0.1) is 6.67 Å². The van der Waals surface area contributed by atoms with Gasteiger partial charge in [0.1, 0.15) is 0 Å². The largest absolute Gasteiger partial charge is 0.325 e. The molecule has 0 radical (unpaired) electrons. The Labute approximate surface area is 62.8 Å². The number of hydrogen-bond acceptors (Lipinski definition) is 1. The van der Waals surface area contributed by atoms with Crippen molar-refractivity contribution >= 4 is 0 Å². The molecule has 0 heterocycles. The lowest BCUT2D eigenvalue weighted by Gasteiger charge is -2.21. The van der Waals surface area contributed by atoms with Gasteiger partial charge in [-0.1, -0.05) is 6.92 Å². The molecule has 1 unspecified atom stereocenters. The van der Waals surface area contributed by atoms with Crippen molar-refractivity contribution < 1.29 is 4.39 Å². The summed E-state index contributed by atoms with van der Waals surface area (Å²) in [5.74, 6) is 0. The van der Waals surface area contributed by atoms with Crippen LogP contribution in [0, 0.1) is 0 Å². The van der Waals surface area contributed by atoms with E-state index in [1.165, 1.54) is 0 Å². The minimum Gasteiger partial charge on any atom is -0.325 e. The van der Waals surface area contributed by atoms with Crippen LogP contribution in [0.3, 0.4) is 0 Å². The van der Waals surface area contributed by atoms with E-state index in [2.05, 4.69) is 6.92 Å². The van der Waals surface area contributed by atoms with Crippen LogP contribution in [0.5, 0.6) is 0 Å². The maximum absolute atomic E-state index is 11.6. The summed E-state index contributed by atoms with van der Waals surface area (Å²) in [6, 6.07) is 0. The molecule has 0 fully saturated rings. The molecule has 2 N–H and O–H groups in total. The average molecular weight is 147 g/mol. The Morgan fingerprint density at radius 1 is 1.40 bits per heavy atom. The summed E-state index contributed by atoms with van der Waals surface area (Å²) < 4.78 is 11.6. The van der Waals surface area contributed by atoms with E-state index in [-0.39, 0.29) is 12.2 Å². The summed E-state index contributed by atoms with van der Waals surface area (Å²) >= 11 is 0. The first-order valence-electron chi connectivity index (χ1n) is 3.97. The lowest BCUT2D eigenvalue weighted by Crippen LogP contribution is -2.34. The SMILES string of the molecule is CCC(C)(N)CCCCF. The minimum atomic E-state index is -0.209. The first-order valence-corrected chi connectivity index (χ1v) is 3.97. The van der Waals surface area contributed by atoms with E-state index in [0.29, 0.717) is 6.42 Å². The van der Waals surface area contributed by atoms with Crippen LogP contribution in [0.4, 0.5) is 4.39 Å². The Morgan fingerprint density at radius 2 is 2.00 bits per heavy atom. The first kappa shape index (κ1) is 9.89. The highest BCUT2D eigenvalue weighted by Gasteiger charge is 2.13. The van der Waals surface area contributed by atoms with Gasteiger partial charge >= 0.3 is 0 Å². The Balaban J connectivity index is 3.28. The highest BCUT2D eigenvalue weighted by atomic mass is 19.1. The van der Waals surface area contributed by atoms with E-state index in [1.54, 1.807) is 0 Å². The summed E-state index contributed by atoms with van der Waals surface area (Å²) in [6.07, 6.45) is 3.48. The molecule has 0 rings (SSSR count). The Morgan fingerprint density at radius 3 is 2.40 bits per heavy atom. The summed E-state index contributed by atoms with van der Waals surface area (Å²) in [5.41, 5.74) is 5.76. The van der Waals surface area contributed by atoms with Crippen molar-refractivity contribution in [2.24, 2.45) is 5.73 Å². The molecule has 0 aliphatic heterocycles. The van der Waals surface area contributed by atoms with Gasteiger partial charge in [0.25, 0.3) is 0 Å². The van der Waals surface area contributed by atoms with Gasteiger partial charge in [0.15, 0.2) is 0 Å². The molecule has 0 aromatic carbocycles. The molecule has 0 aliphatic rings. The van der Waals surface area contributed by atoms with Crippen LogP contribution in [0.1, 0.15) is 39.5 Å². The summed E-state index contributed by atoms with van der Waals surface area (Å²) in [7, 11) is 0. The average Bonchev–Trinajstić information content (AvgIpc) is 1.89. The van der Waals surface area contributed by atoms with E-state index in [4.69, 9.17) is 5.73 Å². The lowest BCUT2D eigenvalue weighted by atomic mass is 9.94. The van der Waals surface area contributed by atoms with Crippen molar-refractivity contribution in [3.05, 3.63) is 0 Å². The van der Waals surface area contributed by atoms with Gasteiger partial charge in [-0.15, -0.1) is 0 Å². The van der Waals surface area contributed by atoms with Crippen molar-refractivity contribution in [2.75, 3.05) is 6.67 Å². The fourth-order valence-electron chi connectivity index (χ4n) is 0.800. The molecule has 0 spiro atoms. The minimum absolute atomic E-state index is 0.0742. The van der Waals surface area contributed by atoms with E-state index in [0.717, 1.165) is 19.3 Å². The summed E-state index contributed by atoms with van der Waals surface area (Å²) in [4.78, 5) is 0. The van der Waals surface area contributed by atoms with Crippen molar-refractivity contribution in [1.29, 1.82) is 0 Å². The highest BCUT2D eigenvalue weighted by molar-refractivity contribution is 4.75. The van der Waals surface area contributed by atoms with Gasteiger partial charge in [-0.25, -0.2) is 0 Å². The third-order valence-corrected chi connectivity index (χ3v) is 1.94. The number of unbranched alkanes of at least 4 members (excludes halogenated alkanes) is 1. The normalized spacial score (nSPS) is 16.8. The molecule has 0 saturated heterocycles. The van der Waals surface area contributed by atoms with Crippen molar-refractivity contribution in [3.63, 3.8) is 0 Å². The molecule has 0 bridgehead atoms. The fraction of sp³-hybridized carbons (Fsp3) is 1.00. The maximum atomic E-state index is 11.6. The number of nitrogens with two attached hydrogens (primary N) is 1. The van der Waals surface area contributed by atoms with Gasteiger partial charge in [0.2, 0.25) is 0 Å². The monoisotopic (exact) mass is 147 g/mol. The summed E-state index contributed by atoms with van der Waals surface area (Å²) in [6.45, 7) is 3.88. The predicted octanol–water partition coefficient (Wildman–Crippen LogP) is 2.25. The van der Waals surface area contributed by atoms with Gasteiger partial charge in [0, 0.05) is 5.54 Å². The number of alkyl halides is 1. The smallest absolute Gasteiger partial charge is 0.0894 e. The standard InChI is InChI=1S/C8H18FN/c1-3-8(2,10)6-4-5-7-9/h3-7,10H2,1-2H3. The van der Waals surface area contributed by atoms with Gasteiger partial charge < -0.3 is 5.73 Å². The second-order valence-electron chi connectivity index (χ2n) is 3.15. The molecule has 0 aromatic heterocycles. The molecule has 0 amide bonds. The van der Waals surface area contributed by atoms with Crippen molar-refractivity contribution in [2.45, 2.75) is 45.1 Å². The molecule has 1 nitrogen and oxygen atoms in total. The van der Waals surface area contributed by atoms with Crippen LogP contribution in [0.25, 0.3) is 0 Å². The maximum Gasteiger partial charge on any atom is 0.0894 e. The highest BCUT2D eigenvalue weighted by Crippen LogP contribution is 2.13. The quantitative estimate of drug-likeness (QED) is 0.593. The Kier molecular flexibility index (Phi) is 4.62. The number of rotatable bonds is 5. The third-order valence-electron chi connectivity index (χ3n) is 1.94. The van der Waals surface area contributed by atoms with Gasteiger partial charge in [-0.05, 0) is 32.6 Å². The fourth-order valence-corrected chi connectivity index (χ4v) is 0.800. The Bertz CT molecular complexity index is 81.3. The van der Waals surface area contributed by atoms with E-state index >= 15 is 0 Å². The molecule has 0 aliphatic carbocycles. The molecule has 2 heteroatoms. The van der Waals surface area contributed by atoms with E-state index < -0.39 is 0 Å². The van der Waals surface area contributed by atoms with E-state index in [1.807, 2.05) is 6.92 Å². The zero-order chi connectivity index (χ0) is 8.04. The van der Waals surface area contributed by atoms with Gasteiger partial charge in [-0.3, -0.25) is 4.39 Å². The van der Waals surface area contributed by atoms with Crippen LogP contribution in [-0.2, 0) is 0 Å². The molecular weight excluding hydrogens is 129 g/mol. The zero-order valence-electron chi connectivity index (χ0n) is 6.99. The van der Waals surface area contributed by atoms with Crippen LogP contribution in [-0.4, -0.2) is 12.2 Å². The van der Waals surface area contributed by atoms with E-state index in [9.17, 15) is 4.39 Å². The van der Waals surface area contributed by atoms with Crippen molar-refractivity contribution in [3.8, 4) is 0 Å². The van der Waals surface area contributed by atoms with Crippen LogP contribution < -0.4 is 5.73 Å². The number of halogens is 1. The topological polar surface area (TPSA) is 26.0 Å². The molecule has 10 heavy (non-hydrogen) atoms. The van der Waals surface area contributed by atoms with Crippen molar-refractivity contribution in [1.82, 2.24) is 0 Å². The second kappa shape index (κ2) is 4.67. The third kappa shape index (κ3) is 4.74. The molecule has 0 aromatic rings. The predicted molar refractivity (Wildman–Crippen MR) is 42.7 cm³/mol.